The molecule has 20 heavy (non-hydrogen) atoms. The number of aromatic nitrogens is 2. The van der Waals surface area contributed by atoms with Crippen LogP contribution < -0.4 is 10.6 Å². The first-order valence-corrected chi connectivity index (χ1v) is 6.32. The average molecular weight is 290 g/mol. The maximum atomic E-state index is 12.7. The first-order valence-electron chi connectivity index (χ1n) is 6.32. The second kappa shape index (κ2) is 5.43. The Labute approximate surface area is 114 Å². The van der Waals surface area contributed by atoms with Crippen molar-refractivity contribution in [1.82, 2.24) is 9.97 Å². The molecule has 1 aliphatic rings. The lowest BCUT2D eigenvalue weighted by Crippen LogP contribution is -2.45. The van der Waals surface area contributed by atoms with E-state index in [1.165, 1.54) is 13.1 Å². The second-order valence-electron chi connectivity index (χ2n) is 4.80. The number of hydrogen-bond acceptors (Lipinski definition) is 5. The number of methoxy groups -OCH3 is 1. The van der Waals surface area contributed by atoms with E-state index in [0.29, 0.717) is 6.54 Å². The Kier molecular flexibility index (Phi) is 4.03. The Hall–Kier alpha value is -1.57. The molecular formula is C12H17F3N4O. The lowest BCUT2D eigenvalue weighted by atomic mass is 9.80. The summed E-state index contributed by atoms with van der Waals surface area (Å²) in [7, 11) is 3.12. The monoisotopic (exact) mass is 290 g/mol. The van der Waals surface area contributed by atoms with Crippen molar-refractivity contribution in [3.05, 3.63) is 11.9 Å². The fourth-order valence-electron chi connectivity index (χ4n) is 2.07. The Morgan fingerprint density at radius 1 is 1.30 bits per heavy atom. The summed E-state index contributed by atoms with van der Waals surface area (Å²) in [5.41, 5.74) is -0.289. The van der Waals surface area contributed by atoms with Gasteiger partial charge in [0.2, 0.25) is 5.82 Å². The maximum absolute atomic E-state index is 12.7. The zero-order valence-electron chi connectivity index (χ0n) is 11.3. The third-order valence-electron chi connectivity index (χ3n) is 3.53. The van der Waals surface area contributed by atoms with E-state index in [2.05, 4.69) is 20.6 Å². The molecule has 0 radical (unpaired) electrons. The molecule has 1 aromatic rings. The molecule has 8 heteroatoms. The molecule has 5 nitrogen and oxygen atoms in total. The molecule has 0 bridgehead atoms. The maximum Gasteiger partial charge on any atom is 0.451 e. The fraction of sp³-hybridized carbons (Fsp3) is 0.667. The lowest BCUT2D eigenvalue weighted by Gasteiger charge is -2.40. The van der Waals surface area contributed by atoms with E-state index < -0.39 is 12.0 Å². The van der Waals surface area contributed by atoms with Gasteiger partial charge >= 0.3 is 6.18 Å². The molecule has 0 atom stereocenters. The third-order valence-corrected chi connectivity index (χ3v) is 3.53. The van der Waals surface area contributed by atoms with Crippen LogP contribution in [0, 0.1) is 0 Å². The van der Waals surface area contributed by atoms with Crippen molar-refractivity contribution in [2.24, 2.45) is 0 Å². The summed E-state index contributed by atoms with van der Waals surface area (Å²) in [5, 5.41) is 5.51. The Balaban J connectivity index is 2.14. The number of halogens is 3. The van der Waals surface area contributed by atoms with Crippen LogP contribution in [0.15, 0.2) is 6.07 Å². The summed E-state index contributed by atoms with van der Waals surface area (Å²) in [6.45, 7) is 0.432. The molecule has 1 fully saturated rings. The van der Waals surface area contributed by atoms with Crippen LogP contribution in [0.25, 0.3) is 0 Å². The van der Waals surface area contributed by atoms with Gasteiger partial charge in [-0.3, -0.25) is 0 Å². The minimum atomic E-state index is -4.57. The van der Waals surface area contributed by atoms with Crippen molar-refractivity contribution in [3.8, 4) is 0 Å². The van der Waals surface area contributed by atoms with Gasteiger partial charge in [-0.2, -0.15) is 13.2 Å². The van der Waals surface area contributed by atoms with Crippen LogP contribution in [0.1, 0.15) is 25.1 Å². The predicted octanol–water partition coefficient (Wildman–Crippen LogP) is 2.52. The smallest absolute Gasteiger partial charge is 0.376 e. The Morgan fingerprint density at radius 3 is 2.40 bits per heavy atom. The largest absolute Gasteiger partial charge is 0.451 e. The first-order chi connectivity index (χ1) is 9.38. The van der Waals surface area contributed by atoms with Crippen molar-refractivity contribution in [1.29, 1.82) is 0 Å². The quantitative estimate of drug-likeness (QED) is 0.872. The summed E-state index contributed by atoms with van der Waals surface area (Å²) in [6, 6.07) is 1.44. The summed E-state index contributed by atoms with van der Waals surface area (Å²) in [4.78, 5) is 6.91. The van der Waals surface area contributed by atoms with Gasteiger partial charge in [-0.15, -0.1) is 0 Å². The molecule has 1 aromatic heterocycles. The van der Waals surface area contributed by atoms with Crippen LogP contribution in [-0.2, 0) is 10.9 Å². The molecule has 0 aromatic carbocycles. The molecule has 0 spiro atoms. The zero-order valence-corrected chi connectivity index (χ0v) is 11.3. The van der Waals surface area contributed by atoms with Gasteiger partial charge in [0.1, 0.15) is 11.6 Å². The van der Waals surface area contributed by atoms with Gasteiger partial charge < -0.3 is 15.4 Å². The number of alkyl halides is 3. The van der Waals surface area contributed by atoms with E-state index in [9.17, 15) is 13.2 Å². The van der Waals surface area contributed by atoms with Gasteiger partial charge in [-0.05, 0) is 19.3 Å². The fourth-order valence-corrected chi connectivity index (χ4v) is 2.07. The van der Waals surface area contributed by atoms with E-state index in [-0.39, 0.29) is 17.2 Å². The molecule has 1 heterocycles. The number of rotatable bonds is 5. The van der Waals surface area contributed by atoms with Crippen LogP contribution >= 0.6 is 0 Å². The Morgan fingerprint density at radius 2 is 1.95 bits per heavy atom. The second-order valence-corrected chi connectivity index (χ2v) is 4.80. The highest BCUT2D eigenvalue weighted by Gasteiger charge is 2.38. The highest BCUT2D eigenvalue weighted by atomic mass is 19.4. The van der Waals surface area contributed by atoms with E-state index in [4.69, 9.17) is 4.74 Å². The third kappa shape index (κ3) is 3.12. The normalized spacial score (nSPS) is 17.4. The summed E-state index contributed by atoms with van der Waals surface area (Å²) < 4.78 is 43.5. The molecule has 1 aliphatic carbocycles. The van der Waals surface area contributed by atoms with E-state index in [1.54, 1.807) is 7.11 Å². The van der Waals surface area contributed by atoms with Crippen LogP contribution in [0.2, 0.25) is 0 Å². The standard InChI is InChI=1S/C12H17F3N4O/c1-16-8-6-9(19-10(18-8)12(13,14)15)17-7-11(20-2)4-3-5-11/h6H,3-5,7H2,1-2H3,(H2,16,17,18,19). The summed E-state index contributed by atoms with van der Waals surface area (Å²) in [6.07, 6.45) is -1.72. The van der Waals surface area contributed by atoms with Crippen molar-refractivity contribution in [2.45, 2.75) is 31.0 Å². The number of hydrogen-bond donors (Lipinski definition) is 2. The van der Waals surface area contributed by atoms with Crippen LogP contribution in [-0.4, -0.2) is 36.3 Å². The predicted molar refractivity (Wildman–Crippen MR) is 68.7 cm³/mol. The van der Waals surface area contributed by atoms with Crippen molar-refractivity contribution in [2.75, 3.05) is 31.3 Å². The molecule has 0 amide bonds. The zero-order chi connectivity index (χ0) is 14.8. The van der Waals surface area contributed by atoms with Gasteiger partial charge in [0.25, 0.3) is 0 Å². The van der Waals surface area contributed by atoms with Gasteiger partial charge in [0.05, 0.1) is 5.60 Å². The molecule has 112 valence electrons. The van der Waals surface area contributed by atoms with Crippen molar-refractivity contribution in [3.63, 3.8) is 0 Å². The summed E-state index contributed by atoms with van der Waals surface area (Å²) in [5.74, 6) is -0.901. The number of ether oxygens (including phenoxy) is 1. The van der Waals surface area contributed by atoms with Crippen LogP contribution in [0.4, 0.5) is 24.8 Å². The Bertz CT molecular complexity index is 469. The molecular weight excluding hydrogens is 273 g/mol. The molecule has 0 saturated heterocycles. The van der Waals surface area contributed by atoms with Crippen LogP contribution in [0.5, 0.6) is 0 Å². The van der Waals surface area contributed by atoms with Crippen molar-refractivity contribution < 1.29 is 17.9 Å². The van der Waals surface area contributed by atoms with E-state index in [0.717, 1.165) is 19.3 Å². The highest BCUT2D eigenvalue weighted by Crippen LogP contribution is 2.35. The van der Waals surface area contributed by atoms with Gasteiger partial charge in [-0.1, -0.05) is 0 Å². The summed E-state index contributed by atoms with van der Waals surface area (Å²) >= 11 is 0. The van der Waals surface area contributed by atoms with Gasteiger partial charge in [-0.25, -0.2) is 9.97 Å². The van der Waals surface area contributed by atoms with Crippen molar-refractivity contribution >= 4 is 11.6 Å². The van der Waals surface area contributed by atoms with Gasteiger partial charge in [0, 0.05) is 26.8 Å². The molecule has 0 unspecified atom stereocenters. The van der Waals surface area contributed by atoms with E-state index in [1.807, 2.05) is 0 Å². The number of nitrogens with zero attached hydrogens (tertiary/aromatic N) is 2. The average Bonchev–Trinajstić information content (AvgIpc) is 2.36. The van der Waals surface area contributed by atoms with Crippen LogP contribution in [0.3, 0.4) is 0 Å². The molecule has 2 N–H and O–H groups in total. The number of anilines is 2. The lowest BCUT2D eigenvalue weighted by molar-refractivity contribution is -0.144. The number of nitrogens with one attached hydrogen (secondary N) is 2. The molecule has 2 rings (SSSR count). The minimum absolute atomic E-state index is 0.120. The highest BCUT2D eigenvalue weighted by molar-refractivity contribution is 5.47. The molecule has 1 saturated carbocycles. The van der Waals surface area contributed by atoms with E-state index >= 15 is 0 Å². The molecule has 0 aliphatic heterocycles. The minimum Gasteiger partial charge on any atom is -0.376 e. The first kappa shape index (κ1) is 14.8. The topological polar surface area (TPSA) is 59.1 Å². The SMILES string of the molecule is CNc1cc(NCC2(OC)CCC2)nc(C(F)(F)F)n1. The van der Waals surface area contributed by atoms with Gasteiger partial charge in [0.15, 0.2) is 0 Å².